The van der Waals surface area contributed by atoms with Crippen LogP contribution in [0.1, 0.15) is 12.5 Å². The van der Waals surface area contributed by atoms with Crippen LogP contribution < -0.4 is 4.90 Å². The standard InChI is InChI=1S/C25H18N4O/c1-20(30)29(24-14-8-3-9-15-24)16-10-4-7-13-22(17-26)25(23(18-27)19-28)21-11-5-2-6-12-21/h2-16H,1H3/b7-4+,16-10+,22-13+. The molecular weight excluding hydrogens is 372 g/mol. The van der Waals surface area contributed by atoms with E-state index in [0.717, 1.165) is 5.69 Å². The van der Waals surface area contributed by atoms with E-state index >= 15 is 0 Å². The van der Waals surface area contributed by atoms with Crippen molar-refractivity contribution in [3.05, 3.63) is 108 Å². The normalized spacial score (nSPS) is 10.8. The minimum atomic E-state index is -0.138. The first kappa shape index (κ1) is 21.6. The zero-order chi connectivity index (χ0) is 21.8. The van der Waals surface area contributed by atoms with Crippen LogP contribution in [0.15, 0.2) is 102 Å². The van der Waals surface area contributed by atoms with Crippen molar-refractivity contribution in [2.45, 2.75) is 6.92 Å². The fourth-order valence-electron chi connectivity index (χ4n) is 2.67. The number of para-hydroxylation sites is 1. The molecule has 0 bridgehead atoms. The molecule has 0 saturated carbocycles. The van der Waals surface area contributed by atoms with E-state index in [0.29, 0.717) is 5.56 Å². The molecule has 0 fully saturated rings. The van der Waals surface area contributed by atoms with Crippen LogP contribution in [0.3, 0.4) is 0 Å². The summed E-state index contributed by atoms with van der Waals surface area (Å²) in [7, 11) is 0. The molecular formula is C25H18N4O. The minimum Gasteiger partial charge on any atom is -0.288 e. The number of nitrogens with zero attached hydrogens (tertiary/aromatic N) is 4. The van der Waals surface area contributed by atoms with E-state index < -0.39 is 0 Å². The Morgan fingerprint density at radius 2 is 1.43 bits per heavy atom. The largest absolute Gasteiger partial charge is 0.288 e. The highest BCUT2D eigenvalue weighted by Gasteiger charge is 2.13. The van der Waals surface area contributed by atoms with E-state index in [4.69, 9.17) is 0 Å². The number of carbonyl (C=O) groups excluding carboxylic acids is 1. The third-order valence-electron chi connectivity index (χ3n) is 4.02. The molecule has 0 aliphatic heterocycles. The number of amides is 1. The summed E-state index contributed by atoms with van der Waals surface area (Å²) in [5.41, 5.74) is 1.69. The molecule has 0 N–H and O–H groups in total. The van der Waals surface area contributed by atoms with Gasteiger partial charge in [-0.3, -0.25) is 9.69 Å². The lowest BCUT2D eigenvalue weighted by Crippen LogP contribution is -2.21. The van der Waals surface area contributed by atoms with Crippen molar-refractivity contribution in [1.82, 2.24) is 0 Å². The summed E-state index contributed by atoms with van der Waals surface area (Å²) < 4.78 is 0. The fraction of sp³-hybridized carbons (Fsp3) is 0.0400. The lowest BCUT2D eigenvalue weighted by atomic mass is 9.94. The Labute approximate surface area is 176 Å². The predicted molar refractivity (Wildman–Crippen MR) is 116 cm³/mol. The van der Waals surface area contributed by atoms with Crippen LogP contribution in [0.4, 0.5) is 5.69 Å². The van der Waals surface area contributed by atoms with Gasteiger partial charge in [0.2, 0.25) is 5.91 Å². The molecule has 0 saturated heterocycles. The van der Waals surface area contributed by atoms with Crippen molar-refractivity contribution in [2.24, 2.45) is 0 Å². The number of hydrogen-bond acceptors (Lipinski definition) is 4. The summed E-state index contributed by atoms with van der Waals surface area (Å²) in [4.78, 5) is 13.4. The second-order valence-corrected chi connectivity index (χ2v) is 5.98. The lowest BCUT2D eigenvalue weighted by molar-refractivity contribution is -0.116. The molecule has 0 radical (unpaired) electrons. The molecule has 2 aromatic rings. The van der Waals surface area contributed by atoms with Gasteiger partial charge in [0.05, 0.1) is 11.6 Å². The van der Waals surface area contributed by atoms with Gasteiger partial charge >= 0.3 is 0 Å². The molecule has 2 aromatic carbocycles. The van der Waals surface area contributed by atoms with Crippen molar-refractivity contribution < 1.29 is 4.79 Å². The molecule has 0 heterocycles. The van der Waals surface area contributed by atoms with Gasteiger partial charge in [0.25, 0.3) is 0 Å². The van der Waals surface area contributed by atoms with Crippen molar-refractivity contribution in [2.75, 3.05) is 4.90 Å². The number of benzene rings is 2. The van der Waals surface area contributed by atoms with E-state index in [2.05, 4.69) is 6.07 Å². The highest BCUT2D eigenvalue weighted by molar-refractivity contribution is 5.93. The predicted octanol–water partition coefficient (Wildman–Crippen LogP) is 5.06. The van der Waals surface area contributed by atoms with Gasteiger partial charge in [0.1, 0.15) is 17.7 Å². The van der Waals surface area contributed by atoms with Crippen LogP contribution >= 0.6 is 0 Å². The van der Waals surface area contributed by atoms with Crippen molar-refractivity contribution in [3.63, 3.8) is 0 Å². The Kier molecular flexibility index (Phi) is 8.11. The van der Waals surface area contributed by atoms with Crippen LogP contribution in [0.5, 0.6) is 0 Å². The maximum atomic E-state index is 11.9. The SMILES string of the molecule is CC(=O)N(/C=C/C=C/C=C(\C#N)C(=C(C#N)C#N)c1ccccc1)c1ccccc1. The molecule has 0 aromatic heterocycles. The van der Waals surface area contributed by atoms with Gasteiger partial charge < -0.3 is 0 Å². The van der Waals surface area contributed by atoms with Gasteiger partial charge in [-0.25, -0.2) is 0 Å². The molecule has 0 atom stereocenters. The quantitative estimate of drug-likeness (QED) is 0.509. The van der Waals surface area contributed by atoms with Crippen molar-refractivity contribution >= 4 is 17.2 Å². The minimum absolute atomic E-state index is 0.134. The smallest absolute Gasteiger partial charge is 0.227 e. The van der Waals surface area contributed by atoms with Gasteiger partial charge in [-0.05, 0) is 29.8 Å². The molecule has 0 aliphatic rings. The third kappa shape index (κ3) is 5.67. The maximum absolute atomic E-state index is 11.9. The Morgan fingerprint density at radius 3 is 1.97 bits per heavy atom. The molecule has 1 amide bonds. The van der Waals surface area contributed by atoms with Gasteiger partial charge in [-0.2, -0.15) is 15.8 Å². The Balaban J connectivity index is 2.32. The monoisotopic (exact) mass is 390 g/mol. The summed E-state index contributed by atoms with van der Waals surface area (Å²) in [6.07, 6.45) is 8.10. The van der Waals surface area contributed by atoms with E-state index in [1.165, 1.54) is 17.9 Å². The summed E-state index contributed by atoms with van der Waals surface area (Å²) in [6, 6.07) is 23.8. The molecule has 5 nitrogen and oxygen atoms in total. The highest BCUT2D eigenvalue weighted by atomic mass is 16.2. The van der Waals surface area contributed by atoms with Crippen LogP contribution in [-0.4, -0.2) is 5.91 Å². The van der Waals surface area contributed by atoms with Gasteiger partial charge in [0.15, 0.2) is 0 Å². The summed E-state index contributed by atoms with van der Waals surface area (Å²) >= 11 is 0. The fourth-order valence-corrected chi connectivity index (χ4v) is 2.67. The van der Waals surface area contributed by atoms with E-state index in [1.807, 2.05) is 48.5 Å². The van der Waals surface area contributed by atoms with Crippen molar-refractivity contribution in [1.29, 1.82) is 15.8 Å². The molecule has 2 rings (SSSR count). The van der Waals surface area contributed by atoms with Gasteiger partial charge in [-0.15, -0.1) is 0 Å². The lowest BCUT2D eigenvalue weighted by Gasteiger charge is -2.15. The summed E-state index contributed by atoms with van der Waals surface area (Å²) in [5.74, 6) is -0.138. The molecule has 0 unspecified atom stereocenters. The Hall–Kier alpha value is -4.66. The molecule has 0 aliphatic carbocycles. The van der Waals surface area contributed by atoms with Crippen LogP contribution in [0.25, 0.3) is 5.57 Å². The van der Waals surface area contributed by atoms with Crippen LogP contribution in [0.2, 0.25) is 0 Å². The van der Waals surface area contributed by atoms with E-state index in [1.54, 1.807) is 48.7 Å². The molecule has 144 valence electrons. The number of carbonyl (C=O) groups is 1. The number of nitriles is 3. The second-order valence-electron chi connectivity index (χ2n) is 5.98. The van der Waals surface area contributed by atoms with Gasteiger partial charge in [-0.1, -0.05) is 60.7 Å². The first-order chi connectivity index (χ1) is 14.6. The van der Waals surface area contributed by atoms with E-state index in [-0.39, 0.29) is 22.6 Å². The number of hydrogen-bond donors (Lipinski definition) is 0. The van der Waals surface area contributed by atoms with Gasteiger partial charge in [0, 0.05) is 24.4 Å². The first-order valence-electron chi connectivity index (χ1n) is 9.02. The third-order valence-corrected chi connectivity index (χ3v) is 4.02. The number of rotatable bonds is 6. The number of anilines is 1. The Bertz CT molecular complexity index is 1120. The first-order valence-corrected chi connectivity index (χ1v) is 9.02. The topological polar surface area (TPSA) is 91.7 Å². The highest BCUT2D eigenvalue weighted by Crippen LogP contribution is 2.26. The van der Waals surface area contributed by atoms with E-state index in [9.17, 15) is 20.6 Å². The zero-order valence-corrected chi connectivity index (χ0v) is 16.4. The average Bonchev–Trinajstić information content (AvgIpc) is 2.78. The van der Waals surface area contributed by atoms with Crippen LogP contribution in [0, 0.1) is 34.0 Å². The number of allylic oxidation sites excluding steroid dienone is 7. The molecule has 30 heavy (non-hydrogen) atoms. The average molecular weight is 390 g/mol. The summed E-state index contributed by atoms with van der Waals surface area (Å²) in [6.45, 7) is 1.47. The second kappa shape index (κ2) is 11.2. The summed E-state index contributed by atoms with van der Waals surface area (Å²) in [5, 5.41) is 28.2. The Morgan fingerprint density at radius 1 is 0.833 bits per heavy atom. The molecule has 0 spiro atoms. The van der Waals surface area contributed by atoms with Crippen LogP contribution in [-0.2, 0) is 4.79 Å². The zero-order valence-electron chi connectivity index (χ0n) is 16.4. The van der Waals surface area contributed by atoms with Crippen molar-refractivity contribution in [3.8, 4) is 18.2 Å². The maximum Gasteiger partial charge on any atom is 0.227 e. The molecule has 5 heteroatoms.